The maximum absolute atomic E-state index is 2.27. The summed E-state index contributed by atoms with van der Waals surface area (Å²) in [6.45, 7) is 2.27. The zero-order valence-corrected chi connectivity index (χ0v) is 12.2. The molecule has 0 aromatic heterocycles. The van der Waals surface area contributed by atoms with Gasteiger partial charge in [0, 0.05) is 20.8 Å². The van der Waals surface area contributed by atoms with Crippen LogP contribution in [0.2, 0.25) is 0 Å². The van der Waals surface area contributed by atoms with Gasteiger partial charge in [-0.15, -0.1) is 23.5 Å². The summed E-state index contributed by atoms with van der Waals surface area (Å²) < 4.78 is 0. The molecule has 0 radical (unpaired) electrons. The lowest BCUT2D eigenvalue weighted by Gasteiger charge is -2.14. The summed E-state index contributed by atoms with van der Waals surface area (Å²) in [6.07, 6.45) is 1.21. The van der Waals surface area contributed by atoms with Crippen LogP contribution in [0.25, 0.3) is 0 Å². The third-order valence-electron chi connectivity index (χ3n) is 2.68. The topological polar surface area (TPSA) is 0 Å². The molecule has 0 aliphatic carbocycles. The van der Waals surface area contributed by atoms with Gasteiger partial charge in [0.15, 0.2) is 0 Å². The Kier molecular flexibility index (Phi) is 5.69. The zero-order valence-electron chi connectivity index (χ0n) is 10.6. The zero-order chi connectivity index (χ0) is 12.6. The van der Waals surface area contributed by atoms with Crippen LogP contribution in [0.5, 0.6) is 0 Å². The maximum Gasteiger partial charge on any atom is 0.0186 e. The highest BCUT2D eigenvalue weighted by molar-refractivity contribution is 8.03. The van der Waals surface area contributed by atoms with Gasteiger partial charge in [-0.3, -0.25) is 0 Å². The smallest absolute Gasteiger partial charge is 0.0186 e. The van der Waals surface area contributed by atoms with Gasteiger partial charge in [0.1, 0.15) is 0 Å². The molecule has 1 atom stereocenters. The molecule has 0 amide bonds. The molecule has 2 aromatic rings. The van der Waals surface area contributed by atoms with Crippen LogP contribution in [-0.2, 0) is 0 Å². The summed E-state index contributed by atoms with van der Waals surface area (Å²) in [5.41, 5.74) is 0. The molecule has 0 spiro atoms. The van der Waals surface area contributed by atoms with Crippen molar-refractivity contribution in [3.8, 4) is 0 Å². The molecule has 0 heterocycles. The van der Waals surface area contributed by atoms with E-state index < -0.39 is 0 Å². The van der Waals surface area contributed by atoms with Crippen LogP contribution in [-0.4, -0.2) is 11.0 Å². The molecule has 0 aliphatic rings. The van der Waals surface area contributed by atoms with E-state index in [0.717, 1.165) is 0 Å². The van der Waals surface area contributed by atoms with Gasteiger partial charge in [-0.05, 0) is 30.7 Å². The van der Waals surface area contributed by atoms with E-state index >= 15 is 0 Å². The SMILES string of the molecule is CCC(CSc1ccccc1)Sc1ccccc1. The fourth-order valence-corrected chi connectivity index (χ4v) is 3.94. The van der Waals surface area contributed by atoms with Crippen LogP contribution in [0.4, 0.5) is 0 Å². The first-order valence-electron chi connectivity index (χ1n) is 6.28. The van der Waals surface area contributed by atoms with E-state index in [4.69, 9.17) is 0 Å². The van der Waals surface area contributed by atoms with Gasteiger partial charge < -0.3 is 0 Å². The summed E-state index contributed by atoms with van der Waals surface area (Å²) in [6, 6.07) is 21.3. The maximum atomic E-state index is 2.27. The molecule has 0 saturated carbocycles. The Bertz CT molecular complexity index is 439. The van der Waals surface area contributed by atoms with Gasteiger partial charge in [0.2, 0.25) is 0 Å². The minimum atomic E-state index is 0.678. The number of hydrogen-bond acceptors (Lipinski definition) is 2. The van der Waals surface area contributed by atoms with E-state index in [1.807, 2.05) is 23.5 Å². The Morgan fingerprint density at radius 3 is 1.94 bits per heavy atom. The van der Waals surface area contributed by atoms with Gasteiger partial charge in [0.05, 0.1) is 0 Å². The normalized spacial score (nSPS) is 12.3. The molecule has 0 bridgehead atoms. The fourth-order valence-electron chi connectivity index (χ4n) is 1.63. The van der Waals surface area contributed by atoms with E-state index in [1.54, 1.807) is 0 Å². The second-order valence-electron chi connectivity index (χ2n) is 4.09. The minimum absolute atomic E-state index is 0.678. The van der Waals surface area contributed by atoms with Crippen molar-refractivity contribution in [1.29, 1.82) is 0 Å². The van der Waals surface area contributed by atoms with E-state index in [2.05, 4.69) is 67.6 Å². The van der Waals surface area contributed by atoms with Crippen LogP contribution in [0.1, 0.15) is 13.3 Å². The second kappa shape index (κ2) is 7.55. The van der Waals surface area contributed by atoms with E-state index in [9.17, 15) is 0 Å². The molecular formula is C16H18S2. The monoisotopic (exact) mass is 274 g/mol. The molecule has 2 rings (SSSR count). The number of hydrogen-bond donors (Lipinski definition) is 0. The molecule has 0 fully saturated rings. The van der Waals surface area contributed by atoms with Gasteiger partial charge in [-0.25, -0.2) is 0 Å². The van der Waals surface area contributed by atoms with Crippen molar-refractivity contribution in [2.45, 2.75) is 28.4 Å². The van der Waals surface area contributed by atoms with Crippen molar-refractivity contribution in [2.24, 2.45) is 0 Å². The molecule has 1 unspecified atom stereocenters. The van der Waals surface area contributed by atoms with Crippen LogP contribution in [0, 0.1) is 0 Å². The van der Waals surface area contributed by atoms with Crippen molar-refractivity contribution in [2.75, 3.05) is 5.75 Å². The highest BCUT2D eigenvalue weighted by Crippen LogP contribution is 2.30. The third-order valence-corrected chi connectivity index (χ3v) is 5.44. The number of benzene rings is 2. The molecular weight excluding hydrogens is 256 g/mol. The van der Waals surface area contributed by atoms with Crippen molar-refractivity contribution in [3.63, 3.8) is 0 Å². The first-order chi connectivity index (χ1) is 8.88. The van der Waals surface area contributed by atoms with E-state index in [0.29, 0.717) is 5.25 Å². The largest absolute Gasteiger partial charge is 0.125 e. The Labute approximate surface area is 118 Å². The predicted octanol–water partition coefficient (Wildman–Crippen LogP) is 5.35. The van der Waals surface area contributed by atoms with E-state index in [1.165, 1.54) is 22.0 Å². The summed E-state index contributed by atoms with van der Waals surface area (Å²) in [5, 5.41) is 0.678. The minimum Gasteiger partial charge on any atom is -0.125 e. The molecule has 2 heteroatoms. The molecule has 0 aliphatic heterocycles. The van der Waals surface area contributed by atoms with Crippen molar-refractivity contribution >= 4 is 23.5 Å². The molecule has 0 nitrogen and oxygen atoms in total. The quantitative estimate of drug-likeness (QED) is 0.651. The van der Waals surface area contributed by atoms with Crippen LogP contribution >= 0.6 is 23.5 Å². The Balaban J connectivity index is 1.86. The molecule has 18 heavy (non-hydrogen) atoms. The molecule has 0 saturated heterocycles. The van der Waals surface area contributed by atoms with Crippen molar-refractivity contribution < 1.29 is 0 Å². The van der Waals surface area contributed by atoms with Gasteiger partial charge >= 0.3 is 0 Å². The van der Waals surface area contributed by atoms with Crippen LogP contribution < -0.4 is 0 Å². The summed E-state index contributed by atoms with van der Waals surface area (Å²) >= 11 is 3.94. The first-order valence-corrected chi connectivity index (χ1v) is 8.14. The Morgan fingerprint density at radius 2 is 1.39 bits per heavy atom. The Hall–Kier alpha value is -0.860. The number of rotatable bonds is 6. The Morgan fingerprint density at radius 1 is 0.833 bits per heavy atom. The first kappa shape index (κ1) is 13.6. The van der Waals surface area contributed by atoms with Gasteiger partial charge in [-0.2, -0.15) is 0 Å². The van der Waals surface area contributed by atoms with Crippen LogP contribution in [0.3, 0.4) is 0 Å². The van der Waals surface area contributed by atoms with Gasteiger partial charge in [0.25, 0.3) is 0 Å². The summed E-state index contributed by atoms with van der Waals surface area (Å²) in [5.74, 6) is 1.17. The second-order valence-corrected chi connectivity index (χ2v) is 6.55. The third kappa shape index (κ3) is 4.43. The summed E-state index contributed by atoms with van der Waals surface area (Å²) in [7, 11) is 0. The number of thioether (sulfide) groups is 2. The fraction of sp³-hybridized carbons (Fsp3) is 0.250. The van der Waals surface area contributed by atoms with Crippen molar-refractivity contribution in [3.05, 3.63) is 60.7 Å². The lowest BCUT2D eigenvalue weighted by atomic mass is 10.4. The highest BCUT2D eigenvalue weighted by Gasteiger charge is 2.08. The molecule has 2 aromatic carbocycles. The van der Waals surface area contributed by atoms with Crippen molar-refractivity contribution in [1.82, 2.24) is 0 Å². The summed E-state index contributed by atoms with van der Waals surface area (Å²) in [4.78, 5) is 2.74. The average Bonchev–Trinajstić information content (AvgIpc) is 2.45. The predicted molar refractivity (Wildman–Crippen MR) is 83.5 cm³/mol. The standard InChI is InChI=1S/C16H18S2/c1-2-14(18-16-11-7-4-8-12-16)13-17-15-9-5-3-6-10-15/h3-12,14H,2,13H2,1H3. The average molecular weight is 274 g/mol. The lowest BCUT2D eigenvalue weighted by molar-refractivity contribution is 0.915. The van der Waals surface area contributed by atoms with E-state index in [-0.39, 0.29) is 0 Å². The van der Waals surface area contributed by atoms with Gasteiger partial charge in [-0.1, -0.05) is 43.3 Å². The molecule has 94 valence electrons. The highest BCUT2D eigenvalue weighted by atomic mass is 32.2. The molecule has 0 N–H and O–H groups in total. The van der Waals surface area contributed by atoms with Crippen LogP contribution in [0.15, 0.2) is 70.5 Å². The lowest BCUT2D eigenvalue weighted by Crippen LogP contribution is -2.03.